The van der Waals surface area contributed by atoms with E-state index < -0.39 is 12.1 Å². The minimum Gasteiger partial charge on any atom is -0.479 e. The number of hydrogen-bond donors (Lipinski definition) is 2. The fraction of sp³-hybridized carbons (Fsp3) is 0.875. The van der Waals surface area contributed by atoms with Crippen LogP contribution in [0.2, 0.25) is 0 Å². The number of aliphatic hydroxyl groups excluding tert-OH is 1. The van der Waals surface area contributed by atoms with E-state index in [0.717, 1.165) is 4.48 Å². The van der Waals surface area contributed by atoms with Crippen LogP contribution in [0, 0.1) is 0 Å². The number of nitrogens with zero attached hydrogens (tertiary/aromatic N) is 1. The predicted molar refractivity (Wildman–Crippen MR) is 47.9 cm³/mol. The lowest BCUT2D eigenvalue weighted by atomic mass is 10.4. The van der Waals surface area contributed by atoms with Gasteiger partial charge in [0, 0.05) is 0 Å². The zero-order chi connectivity index (χ0) is 10.4. The fourth-order valence-corrected chi connectivity index (χ4v) is 0. The highest BCUT2D eigenvalue weighted by atomic mass is 16.4. The van der Waals surface area contributed by atoms with Crippen LogP contribution in [0.4, 0.5) is 0 Å². The molecule has 0 amide bonds. The minimum atomic E-state index is -1.23. The first-order valence-corrected chi connectivity index (χ1v) is 3.92. The van der Waals surface area contributed by atoms with Crippen LogP contribution in [0.25, 0.3) is 0 Å². The van der Waals surface area contributed by atoms with E-state index in [9.17, 15) is 4.79 Å². The molecule has 0 aromatic heterocycles. The summed E-state index contributed by atoms with van der Waals surface area (Å²) in [4.78, 5) is 9.45. The lowest BCUT2D eigenvalue weighted by Gasteiger charge is -2.20. The molecular formula is C8H20NO3+. The average molecular weight is 178 g/mol. The van der Waals surface area contributed by atoms with Gasteiger partial charge < -0.3 is 14.7 Å². The summed E-state index contributed by atoms with van der Waals surface area (Å²) in [6.07, 6.45) is -1.23. The molecule has 0 aromatic carbocycles. The SMILES string of the molecule is CC(O)C(=O)O.CC[N+](C)(C)C. The number of quaternary nitrogens is 1. The van der Waals surface area contributed by atoms with Crippen LogP contribution in [0.1, 0.15) is 13.8 Å². The summed E-state index contributed by atoms with van der Waals surface area (Å²) in [7, 11) is 6.54. The third-order valence-electron chi connectivity index (χ3n) is 1.31. The standard InChI is InChI=1S/C5H14N.C3H6O3/c1-5-6(2,3)4;1-2(4)3(5)6/h5H2,1-4H3;2,4H,1H3,(H,5,6)/q+1;. The lowest BCUT2D eigenvalue weighted by Crippen LogP contribution is -2.33. The Labute approximate surface area is 74.0 Å². The molecule has 0 saturated carbocycles. The molecule has 0 aromatic rings. The molecule has 0 bridgehead atoms. The number of carbonyl (C=O) groups is 1. The van der Waals surface area contributed by atoms with Crippen LogP contribution in [0.15, 0.2) is 0 Å². The van der Waals surface area contributed by atoms with Crippen LogP contribution >= 0.6 is 0 Å². The first-order valence-electron chi connectivity index (χ1n) is 3.92. The maximum absolute atomic E-state index is 9.45. The van der Waals surface area contributed by atoms with Gasteiger partial charge in [0.25, 0.3) is 0 Å². The molecule has 1 atom stereocenters. The minimum absolute atomic E-state index is 1.07. The molecule has 74 valence electrons. The second-order valence-electron chi connectivity index (χ2n) is 3.62. The highest BCUT2D eigenvalue weighted by Gasteiger charge is 2.01. The van der Waals surface area contributed by atoms with E-state index in [-0.39, 0.29) is 0 Å². The Kier molecular flexibility index (Phi) is 6.94. The zero-order valence-electron chi connectivity index (χ0n) is 8.53. The first-order chi connectivity index (χ1) is 5.20. The number of carboxylic acids is 1. The monoisotopic (exact) mass is 178 g/mol. The van der Waals surface area contributed by atoms with Crippen molar-refractivity contribution in [3.05, 3.63) is 0 Å². The average Bonchev–Trinajstić information content (AvgIpc) is 1.87. The van der Waals surface area contributed by atoms with Gasteiger partial charge in [0.2, 0.25) is 0 Å². The van der Waals surface area contributed by atoms with Gasteiger partial charge in [0.15, 0.2) is 0 Å². The van der Waals surface area contributed by atoms with Crippen molar-refractivity contribution >= 4 is 5.97 Å². The third kappa shape index (κ3) is 16.2. The van der Waals surface area contributed by atoms with Crippen molar-refractivity contribution in [2.75, 3.05) is 27.7 Å². The molecule has 4 nitrogen and oxygen atoms in total. The Bertz CT molecular complexity index is 127. The van der Waals surface area contributed by atoms with E-state index >= 15 is 0 Å². The number of aliphatic hydroxyl groups is 1. The molecule has 1 unspecified atom stereocenters. The maximum atomic E-state index is 9.45. The smallest absolute Gasteiger partial charge is 0.332 e. The first kappa shape index (κ1) is 13.9. The summed E-state index contributed by atoms with van der Waals surface area (Å²) in [5.41, 5.74) is 0. The Morgan fingerprint density at radius 2 is 1.58 bits per heavy atom. The Balaban J connectivity index is 0. The Hall–Kier alpha value is -0.610. The van der Waals surface area contributed by atoms with Gasteiger partial charge >= 0.3 is 5.97 Å². The van der Waals surface area contributed by atoms with Crippen molar-refractivity contribution in [2.24, 2.45) is 0 Å². The van der Waals surface area contributed by atoms with Crippen LogP contribution in [-0.2, 0) is 4.79 Å². The van der Waals surface area contributed by atoms with Crippen molar-refractivity contribution in [1.29, 1.82) is 0 Å². The van der Waals surface area contributed by atoms with E-state index in [4.69, 9.17) is 10.2 Å². The highest BCUT2D eigenvalue weighted by Crippen LogP contribution is 1.83. The molecule has 0 aliphatic heterocycles. The quantitative estimate of drug-likeness (QED) is 0.592. The van der Waals surface area contributed by atoms with Crippen LogP contribution in [0.3, 0.4) is 0 Å². The van der Waals surface area contributed by atoms with E-state index in [1.165, 1.54) is 13.5 Å². The summed E-state index contributed by atoms with van der Waals surface area (Å²) in [6, 6.07) is 0. The molecule has 4 heteroatoms. The molecule has 12 heavy (non-hydrogen) atoms. The van der Waals surface area contributed by atoms with Crippen LogP contribution < -0.4 is 0 Å². The molecular weight excluding hydrogens is 158 g/mol. The largest absolute Gasteiger partial charge is 0.479 e. The zero-order valence-corrected chi connectivity index (χ0v) is 8.53. The normalized spacial score (nSPS) is 12.8. The molecule has 0 aliphatic carbocycles. The van der Waals surface area contributed by atoms with Gasteiger partial charge in [-0.2, -0.15) is 0 Å². The van der Waals surface area contributed by atoms with Crippen molar-refractivity contribution in [3.63, 3.8) is 0 Å². The Morgan fingerprint density at radius 1 is 1.42 bits per heavy atom. The summed E-state index contributed by atoms with van der Waals surface area (Å²) in [6.45, 7) is 4.59. The third-order valence-corrected chi connectivity index (χ3v) is 1.31. The van der Waals surface area contributed by atoms with Gasteiger partial charge in [0.1, 0.15) is 6.10 Å². The number of hydrogen-bond acceptors (Lipinski definition) is 2. The molecule has 0 radical (unpaired) electrons. The van der Waals surface area contributed by atoms with Gasteiger partial charge in [-0.1, -0.05) is 0 Å². The summed E-state index contributed by atoms with van der Waals surface area (Å²) in [5, 5.41) is 15.8. The van der Waals surface area contributed by atoms with Crippen LogP contribution in [-0.4, -0.2) is 54.5 Å². The van der Waals surface area contributed by atoms with Gasteiger partial charge in [-0.05, 0) is 13.8 Å². The predicted octanol–water partition coefficient (Wildman–Crippen LogP) is 0.164. The van der Waals surface area contributed by atoms with Gasteiger partial charge in [-0.15, -0.1) is 0 Å². The molecule has 0 fully saturated rings. The van der Waals surface area contributed by atoms with Crippen molar-refractivity contribution in [1.82, 2.24) is 0 Å². The molecule has 2 N–H and O–H groups in total. The van der Waals surface area contributed by atoms with E-state index in [1.807, 2.05) is 0 Å². The summed E-state index contributed by atoms with van der Waals surface area (Å²) >= 11 is 0. The van der Waals surface area contributed by atoms with Crippen molar-refractivity contribution in [3.8, 4) is 0 Å². The summed E-state index contributed by atoms with van der Waals surface area (Å²) < 4.78 is 1.07. The topological polar surface area (TPSA) is 57.5 Å². The number of rotatable bonds is 2. The second kappa shape index (κ2) is 5.97. The van der Waals surface area contributed by atoms with Gasteiger partial charge in [-0.3, -0.25) is 0 Å². The molecule has 0 heterocycles. The lowest BCUT2D eigenvalue weighted by molar-refractivity contribution is -0.868. The maximum Gasteiger partial charge on any atom is 0.332 e. The van der Waals surface area contributed by atoms with Crippen molar-refractivity contribution in [2.45, 2.75) is 20.0 Å². The van der Waals surface area contributed by atoms with E-state index in [0.29, 0.717) is 0 Å². The highest BCUT2D eigenvalue weighted by molar-refractivity contribution is 5.71. The number of carboxylic acid groups (broad SMARTS) is 1. The molecule has 0 spiro atoms. The van der Waals surface area contributed by atoms with Gasteiger partial charge in [-0.25, -0.2) is 4.79 Å². The molecule has 0 rings (SSSR count). The van der Waals surface area contributed by atoms with E-state index in [2.05, 4.69) is 28.1 Å². The van der Waals surface area contributed by atoms with Crippen molar-refractivity contribution < 1.29 is 19.5 Å². The fourth-order valence-electron chi connectivity index (χ4n) is 0. The van der Waals surface area contributed by atoms with E-state index in [1.54, 1.807) is 0 Å². The van der Waals surface area contributed by atoms with Crippen LogP contribution in [0.5, 0.6) is 0 Å². The molecule has 0 saturated heterocycles. The van der Waals surface area contributed by atoms with Gasteiger partial charge in [0.05, 0.1) is 27.7 Å². The molecule has 0 aliphatic rings. The second-order valence-corrected chi connectivity index (χ2v) is 3.62. The Morgan fingerprint density at radius 3 is 1.58 bits per heavy atom. The summed E-state index contributed by atoms with van der Waals surface area (Å²) in [5.74, 6) is -1.19. The number of aliphatic carboxylic acids is 1.